The van der Waals surface area contributed by atoms with Crippen molar-refractivity contribution in [1.29, 1.82) is 0 Å². The van der Waals surface area contributed by atoms with Crippen LogP contribution in [0.5, 0.6) is 11.5 Å². The highest BCUT2D eigenvalue weighted by atomic mass is 19.4. The number of carbonyl (C=O) groups excluding carboxylic acids is 2. The number of aromatic hydroxyl groups is 1. The van der Waals surface area contributed by atoms with E-state index in [4.69, 9.17) is 0 Å². The Hall–Kier alpha value is -4.34. The van der Waals surface area contributed by atoms with Crippen molar-refractivity contribution in [2.45, 2.75) is 12.4 Å². The number of hydrogen-bond acceptors (Lipinski definition) is 6. The van der Waals surface area contributed by atoms with Crippen molar-refractivity contribution in [2.24, 2.45) is 0 Å². The van der Waals surface area contributed by atoms with E-state index in [1.807, 2.05) is 0 Å². The summed E-state index contributed by atoms with van der Waals surface area (Å²) < 4.78 is 41.3. The fraction of sp³-hybridized carbons (Fsp3) is 0.0870. The van der Waals surface area contributed by atoms with E-state index < -0.39 is 35.6 Å². The Bertz CT molecular complexity index is 1220. The standard InChI is InChI=1S/C23H15F3N2O5/c24-23(25,26)33-17-7-3-15(4-8-17)28-19(13-1-5-16(29)6-2-13)18(21(31)22(28)32)20(30)14-9-11-27-12-10-14/h1-12,19,29-30H/b20-18-. The van der Waals surface area contributed by atoms with Gasteiger partial charge in [-0.25, -0.2) is 0 Å². The number of nitrogens with zero attached hydrogens (tertiary/aromatic N) is 2. The number of aliphatic hydroxyl groups is 1. The molecular weight excluding hydrogens is 441 g/mol. The van der Waals surface area contributed by atoms with E-state index in [0.29, 0.717) is 5.56 Å². The van der Waals surface area contributed by atoms with Crippen molar-refractivity contribution in [3.8, 4) is 11.5 Å². The first-order valence-electron chi connectivity index (χ1n) is 9.52. The van der Waals surface area contributed by atoms with E-state index in [0.717, 1.165) is 17.0 Å². The molecule has 1 saturated heterocycles. The molecule has 7 nitrogen and oxygen atoms in total. The largest absolute Gasteiger partial charge is 0.573 e. The first-order valence-corrected chi connectivity index (χ1v) is 9.52. The topological polar surface area (TPSA) is 100.0 Å². The van der Waals surface area contributed by atoms with Gasteiger partial charge >= 0.3 is 6.36 Å². The Labute approximate surface area is 185 Å². The molecule has 0 bridgehead atoms. The van der Waals surface area contributed by atoms with Gasteiger partial charge in [0, 0.05) is 23.6 Å². The van der Waals surface area contributed by atoms with Gasteiger partial charge in [-0.2, -0.15) is 0 Å². The maximum absolute atomic E-state index is 13.0. The predicted molar refractivity (Wildman–Crippen MR) is 110 cm³/mol. The SMILES string of the molecule is O=C1C(=O)N(c2ccc(OC(F)(F)F)cc2)C(c2ccc(O)cc2)/C1=C(/O)c1ccncc1. The van der Waals surface area contributed by atoms with Crippen molar-refractivity contribution in [3.05, 3.63) is 89.8 Å². The molecule has 3 aromatic rings. The van der Waals surface area contributed by atoms with Crippen LogP contribution >= 0.6 is 0 Å². The molecular formula is C23H15F3N2O5. The van der Waals surface area contributed by atoms with Gasteiger partial charge in [0.15, 0.2) is 0 Å². The first-order chi connectivity index (χ1) is 15.7. The van der Waals surface area contributed by atoms with Gasteiger partial charge < -0.3 is 14.9 Å². The lowest BCUT2D eigenvalue weighted by Gasteiger charge is -2.25. The Balaban J connectivity index is 1.84. The summed E-state index contributed by atoms with van der Waals surface area (Å²) in [5, 5.41) is 20.5. The van der Waals surface area contributed by atoms with Crippen molar-refractivity contribution in [3.63, 3.8) is 0 Å². The number of alkyl halides is 3. The Morgan fingerprint density at radius 2 is 1.55 bits per heavy atom. The maximum Gasteiger partial charge on any atom is 0.573 e. The highest BCUT2D eigenvalue weighted by Crippen LogP contribution is 2.42. The fourth-order valence-corrected chi connectivity index (χ4v) is 3.54. The number of carbonyl (C=O) groups is 2. The summed E-state index contributed by atoms with van der Waals surface area (Å²) in [5.41, 5.74) is 0.532. The van der Waals surface area contributed by atoms with E-state index >= 15 is 0 Å². The predicted octanol–water partition coefficient (Wildman–Crippen LogP) is 4.31. The molecule has 0 spiro atoms. The summed E-state index contributed by atoms with van der Waals surface area (Å²) in [4.78, 5) is 30.9. The third-order valence-electron chi connectivity index (χ3n) is 4.96. The normalized spacial score (nSPS) is 17.9. The summed E-state index contributed by atoms with van der Waals surface area (Å²) in [5.74, 6) is -2.95. The third kappa shape index (κ3) is 4.36. The lowest BCUT2D eigenvalue weighted by Crippen LogP contribution is -2.29. The van der Waals surface area contributed by atoms with Gasteiger partial charge in [-0.1, -0.05) is 12.1 Å². The number of pyridine rings is 1. The van der Waals surface area contributed by atoms with Crippen LogP contribution in [0.15, 0.2) is 78.6 Å². The molecule has 0 saturated carbocycles. The van der Waals surface area contributed by atoms with Crippen LogP contribution in [0, 0.1) is 0 Å². The number of ether oxygens (including phenoxy) is 1. The lowest BCUT2D eigenvalue weighted by molar-refractivity contribution is -0.274. The Morgan fingerprint density at radius 1 is 0.939 bits per heavy atom. The average molecular weight is 456 g/mol. The Morgan fingerprint density at radius 3 is 2.12 bits per heavy atom. The second-order valence-corrected chi connectivity index (χ2v) is 7.04. The number of aliphatic hydroxyl groups excluding tert-OH is 1. The van der Waals surface area contributed by atoms with Gasteiger partial charge in [0.1, 0.15) is 17.3 Å². The minimum atomic E-state index is -4.89. The molecule has 10 heteroatoms. The molecule has 1 unspecified atom stereocenters. The summed E-state index contributed by atoms with van der Waals surface area (Å²) >= 11 is 0. The summed E-state index contributed by atoms with van der Waals surface area (Å²) in [6.45, 7) is 0. The molecule has 2 N–H and O–H groups in total. The van der Waals surface area contributed by atoms with E-state index in [1.54, 1.807) is 0 Å². The molecule has 33 heavy (non-hydrogen) atoms. The van der Waals surface area contributed by atoms with E-state index in [-0.39, 0.29) is 22.6 Å². The molecule has 1 amide bonds. The molecule has 0 aliphatic carbocycles. The van der Waals surface area contributed by atoms with Crippen molar-refractivity contribution in [1.82, 2.24) is 4.98 Å². The number of ketones is 1. The molecule has 1 aliphatic rings. The van der Waals surface area contributed by atoms with Crippen LogP contribution in [0.2, 0.25) is 0 Å². The minimum absolute atomic E-state index is 0.0570. The minimum Gasteiger partial charge on any atom is -0.508 e. The summed E-state index contributed by atoms with van der Waals surface area (Å²) in [7, 11) is 0. The van der Waals surface area contributed by atoms with Crippen LogP contribution in [0.25, 0.3) is 5.76 Å². The van der Waals surface area contributed by atoms with Crippen molar-refractivity contribution < 1.29 is 37.7 Å². The van der Waals surface area contributed by atoms with Gasteiger partial charge in [-0.05, 0) is 54.1 Å². The van der Waals surface area contributed by atoms with Crippen LogP contribution in [0.1, 0.15) is 17.2 Å². The molecule has 0 radical (unpaired) electrons. The third-order valence-corrected chi connectivity index (χ3v) is 4.96. The maximum atomic E-state index is 13.0. The van der Waals surface area contributed by atoms with Gasteiger partial charge in [0.25, 0.3) is 11.7 Å². The van der Waals surface area contributed by atoms with E-state index in [9.17, 15) is 33.0 Å². The van der Waals surface area contributed by atoms with Crippen molar-refractivity contribution >= 4 is 23.1 Å². The smallest absolute Gasteiger partial charge is 0.508 e. The molecule has 1 aromatic heterocycles. The van der Waals surface area contributed by atoms with Crippen LogP contribution in [-0.2, 0) is 9.59 Å². The number of rotatable bonds is 4. The number of Topliss-reactive ketones (excluding diaryl/α,β-unsaturated/α-hetero) is 1. The number of phenols is 1. The highest BCUT2D eigenvalue weighted by Gasteiger charge is 2.47. The summed E-state index contributed by atoms with van der Waals surface area (Å²) in [6, 6.07) is 11.9. The Kier molecular flexibility index (Phi) is 5.50. The van der Waals surface area contributed by atoms with Crippen LogP contribution in [0.4, 0.5) is 18.9 Å². The van der Waals surface area contributed by atoms with Gasteiger partial charge in [0.2, 0.25) is 0 Å². The van der Waals surface area contributed by atoms with E-state index in [1.165, 1.54) is 60.9 Å². The second kappa shape index (κ2) is 8.30. The average Bonchev–Trinajstić information content (AvgIpc) is 3.04. The number of benzene rings is 2. The number of aromatic nitrogens is 1. The number of anilines is 1. The zero-order valence-corrected chi connectivity index (χ0v) is 16.7. The molecule has 2 heterocycles. The molecule has 1 atom stereocenters. The van der Waals surface area contributed by atoms with E-state index in [2.05, 4.69) is 9.72 Å². The molecule has 1 fully saturated rings. The number of hydrogen-bond donors (Lipinski definition) is 2. The van der Waals surface area contributed by atoms with Gasteiger partial charge in [0.05, 0.1) is 11.6 Å². The molecule has 4 rings (SSSR count). The van der Waals surface area contributed by atoms with Crippen molar-refractivity contribution in [2.75, 3.05) is 4.90 Å². The molecule has 2 aromatic carbocycles. The monoisotopic (exact) mass is 456 g/mol. The zero-order chi connectivity index (χ0) is 23.8. The van der Waals surface area contributed by atoms with Crippen LogP contribution in [-0.4, -0.2) is 33.2 Å². The van der Waals surface area contributed by atoms with Crippen LogP contribution < -0.4 is 9.64 Å². The highest BCUT2D eigenvalue weighted by molar-refractivity contribution is 6.51. The number of phenolic OH excluding ortho intramolecular Hbond substituents is 1. The van der Waals surface area contributed by atoms with Gasteiger partial charge in [-0.3, -0.25) is 19.5 Å². The van der Waals surface area contributed by atoms with Gasteiger partial charge in [-0.15, -0.1) is 13.2 Å². The van der Waals surface area contributed by atoms with Crippen LogP contribution in [0.3, 0.4) is 0 Å². The number of amides is 1. The lowest BCUT2D eigenvalue weighted by atomic mass is 9.95. The second-order valence-electron chi connectivity index (χ2n) is 7.04. The quantitative estimate of drug-likeness (QED) is 0.345. The molecule has 168 valence electrons. The fourth-order valence-electron chi connectivity index (χ4n) is 3.54. The zero-order valence-electron chi connectivity index (χ0n) is 16.7. The first kappa shape index (κ1) is 21.9. The molecule has 1 aliphatic heterocycles. The summed E-state index contributed by atoms with van der Waals surface area (Å²) in [6.07, 6.45) is -2.08. The number of halogens is 3.